The van der Waals surface area contributed by atoms with Crippen LogP contribution in [0.25, 0.3) is 0 Å². The van der Waals surface area contributed by atoms with Crippen LogP contribution in [0.4, 0.5) is 0 Å². The summed E-state index contributed by atoms with van der Waals surface area (Å²) in [6.45, 7) is 0. The quantitative estimate of drug-likeness (QED) is 0.894. The third-order valence-electron chi connectivity index (χ3n) is 3.41. The molecule has 6 heteroatoms. The zero-order valence-electron chi connectivity index (χ0n) is 11.1. The van der Waals surface area contributed by atoms with Crippen LogP contribution in [0.1, 0.15) is 36.0 Å². The van der Waals surface area contributed by atoms with Crippen LogP contribution < -0.4 is 9.47 Å². The predicted octanol–water partition coefficient (Wildman–Crippen LogP) is 2.73. The van der Waals surface area contributed by atoms with Crippen molar-refractivity contribution in [1.29, 1.82) is 0 Å². The van der Waals surface area contributed by atoms with Gasteiger partial charge in [0.1, 0.15) is 11.7 Å². The molecule has 1 aromatic carbocycles. The van der Waals surface area contributed by atoms with Gasteiger partial charge < -0.3 is 19.7 Å². The molecule has 2 unspecified atom stereocenters. The van der Waals surface area contributed by atoms with Crippen molar-refractivity contribution in [2.75, 3.05) is 7.11 Å². The highest BCUT2D eigenvalue weighted by atomic mass is 35.5. The molecule has 20 heavy (non-hydrogen) atoms. The fourth-order valence-corrected chi connectivity index (χ4v) is 2.57. The van der Waals surface area contributed by atoms with E-state index < -0.39 is 18.2 Å². The van der Waals surface area contributed by atoms with Gasteiger partial charge in [0.05, 0.1) is 13.2 Å². The fourth-order valence-electron chi connectivity index (χ4n) is 2.37. The second-order valence-electron chi connectivity index (χ2n) is 4.80. The predicted molar refractivity (Wildman–Crippen MR) is 73.9 cm³/mol. The van der Waals surface area contributed by atoms with E-state index >= 15 is 0 Å². The fraction of sp³-hybridized carbons (Fsp3) is 0.500. The summed E-state index contributed by atoms with van der Waals surface area (Å²) in [5.41, 5.74) is -0.0628. The molecule has 0 spiro atoms. The minimum absolute atomic E-state index is 0.0628. The molecule has 0 radical (unpaired) electrons. The van der Waals surface area contributed by atoms with Gasteiger partial charge in [-0.15, -0.1) is 0 Å². The van der Waals surface area contributed by atoms with Gasteiger partial charge in [-0.1, -0.05) is 18.0 Å². The Kier molecular flexibility index (Phi) is 4.73. The minimum Gasteiger partial charge on any atom is -0.493 e. The third kappa shape index (κ3) is 3.16. The van der Waals surface area contributed by atoms with Gasteiger partial charge in [-0.05, 0) is 25.3 Å². The number of hydrogen-bond acceptors (Lipinski definition) is 4. The van der Waals surface area contributed by atoms with Crippen molar-refractivity contribution in [1.82, 2.24) is 0 Å². The lowest BCUT2D eigenvalue weighted by Gasteiger charge is -2.29. The maximum Gasteiger partial charge on any atom is 0.339 e. The number of hydrogen-bond donors (Lipinski definition) is 2. The molecule has 0 aliphatic heterocycles. The molecular formula is C14H17ClO5. The van der Waals surface area contributed by atoms with Crippen LogP contribution in [-0.4, -0.2) is 35.5 Å². The van der Waals surface area contributed by atoms with Crippen molar-refractivity contribution in [3.63, 3.8) is 0 Å². The average molecular weight is 301 g/mol. The van der Waals surface area contributed by atoms with Gasteiger partial charge in [-0.2, -0.15) is 0 Å². The Balaban J connectivity index is 2.35. The Morgan fingerprint density at radius 2 is 2.05 bits per heavy atom. The number of carboxylic acids is 1. The zero-order valence-corrected chi connectivity index (χ0v) is 11.9. The number of aliphatic hydroxyl groups is 1. The van der Waals surface area contributed by atoms with E-state index in [0.29, 0.717) is 12.8 Å². The topological polar surface area (TPSA) is 76.0 Å². The second kappa shape index (κ2) is 6.33. The standard InChI is InChI=1S/C14H17ClO5/c1-19-12-7-8(15)6-9(14(17)18)13(12)20-11-5-3-2-4-10(11)16/h6-7,10-11,16H,2-5H2,1H3,(H,17,18). The minimum atomic E-state index is -1.15. The monoisotopic (exact) mass is 300 g/mol. The lowest BCUT2D eigenvalue weighted by molar-refractivity contribution is 0.00484. The molecule has 2 rings (SSSR count). The molecule has 1 fully saturated rings. The summed E-state index contributed by atoms with van der Waals surface area (Å²) in [6, 6.07) is 2.81. The van der Waals surface area contributed by atoms with E-state index in [1.165, 1.54) is 19.2 Å². The summed E-state index contributed by atoms with van der Waals surface area (Å²) >= 11 is 5.87. The average Bonchev–Trinajstić information content (AvgIpc) is 2.42. The van der Waals surface area contributed by atoms with Crippen LogP contribution in [0, 0.1) is 0 Å². The van der Waals surface area contributed by atoms with E-state index in [2.05, 4.69) is 0 Å². The first kappa shape index (κ1) is 14.9. The number of aliphatic hydroxyl groups excluding tert-OH is 1. The molecule has 2 N–H and O–H groups in total. The van der Waals surface area contributed by atoms with E-state index in [-0.39, 0.29) is 22.1 Å². The van der Waals surface area contributed by atoms with Gasteiger partial charge in [-0.3, -0.25) is 0 Å². The van der Waals surface area contributed by atoms with Crippen LogP contribution in [-0.2, 0) is 0 Å². The molecule has 0 aromatic heterocycles. The normalized spacial score (nSPS) is 22.4. The van der Waals surface area contributed by atoms with Gasteiger partial charge in [0.2, 0.25) is 0 Å². The van der Waals surface area contributed by atoms with Crippen molar-refractivity contribution in [2.24, 2.45) is 0 Å². The van der Waals surface area contributed by atoms with Gasteiger partial charge in [0, 0.05) is 11.1 Å². The maximum atomic E-state index is 11.3. The van der Waals surface area contributed by atoms with E-state index in [4.69, 9.17) is 21.1 Å². The number of rotatable bonds is 4. The van der Waals surface area contributed by atoms with E-state index in [1.54, 1.807) is 0 Å². The highest BCUT2D eigenvalue weighted by molar-refractivity contribution is 6.31. The Morgan fingerprint density at radius 3 is 2.65 bits per heavy atom. The number of halogens is 1. The molecule has 110 valence electrons. The second-order valence-corrected chi connectivity index (χ2v) is 5.23. The van der Waals surface area contributed by atoms with Crippen molar-refractivity contribution in [3.8, 4) is 11.5 Å². The Labute approximate surface area is 122 Å². The van der Waals surface area contributed by atoms with Crippen molar-refractivity contribution in [2.45, 2.75) is 37.9 Å². The molecule has 2 atom stereocenters. The van der Waals surface area contributed by atoms with Crippen LogP contribution >= 0.6 is 11.6 Å². The van der Waals surface area contributed by atoms with Crippen molar-refractivity contribution >= 4 is 17.6 Å². The molecule has 5 nitrogen and oxygen atoms in total. The molecule has 1 saturated carbocycles. The summed E-state index contributed by atoms with van der Waals surface area (Å²) in [7, 11) is 1.42. The molecule has 0 amide bonds. The summed E-state index contributed by atoms with van der Waals surface area (Å²) in [5, 5.41) is 19.4. The number of ether oxygens (including phenoxy) is 2. The first-order valence-electron chi connectivity index (χ1n) is 6.48. The largest absolute Gasteiger partial charge is 0.493 e. The van der Waals surface area contributed by atoms with E-state index in [0.717, 1.165) is 12.8 Å². The first-order chi connectivity index (χ1) is 9.52. The van der Waals surface area contributed by atoms with E-state index in [9.17, 15) is 15.0 Å². The Morgan fingerprint density at radius 1 is 1.35 bits per heavy atom. The Hall–Kier alpha value is -1.46. The van der Waals surface area contributed by atoms with Crippen LogP contribution in [0.5, 0.6) is 11.5 Å². The number of aromatic carboxylic acids is 1. The van der Waals surface area contributed by atoms with Crippen molar-refractivity contribution in [3.05, 3.63) is 22.7 Å². The molecule has 0 heterocycles. The SMILES string of the molecule is COc1cc(Cl)cc(C(=O)O)c1OC1CCCCC1O. The first-order valence-corrected chi connectivity index (χ1v) is 6.86. The highest BCUT2D eigenvalue weighted by Crippen LogP contribution is 2.37. The lowest BCUT2D eigenvalue weighted by atomic mass is 9.94. The highest BCUT2D eigenvalue weighted by Gasteiger charge is 2.28. The molecule has 0 bridgehead atoms. The smallest absolute Gasteiger partial charge is 0.339 e. The third-order valence-corrected chi connectivity index (χ3v) is 3.63. The van der Waals surface area contributed by atoms with Crippen LogP contribution in [0.2, 0.25) is 5.02 Å². The maximum absolute atomic E-state index is 11.3. The van der Waals surface area contributed by atoms with Crippen LogP contribution in [0.15, 0.2) is 12.1 Å². The Bertz CT molecular complexity index is 503. The lowest BCUT2D eigenvalue weighted by Crippen LogP contribution is -2.35. The van der Waals surface area contributed by atoms with Gasteiger partial charge in [-0.25, -0.2) is 4.79 Å². The van der Waals surface area contributed by atoms with Gasteiger partial charge in [0.25, 0.3) is 0 Å². The number of methoxy groups -OCH3 is 1. The van der Waals surface area contributed by atoms with Crippen molar-refractivity contribution < 1.29 is 24.5 Å². The molecular weight excluding hydrogens is 284 g/mol. The summed E-state index contributed by atoms with van der Waals surface area (Å²) < 4.78 is 10.9. The number of carboxylic acid groups (broad SMARTS) is 1. The number of carbonyl (C=O) groups is 1. The summed E-state index contributed by atoms with van der Waals surface area (Å²) in [6.07, 6.45) is 2.22. The summed E-state index contributed by atoms with van der Waals surface area (Å²) in [4.78, 5) is 11.3. The van der Waals surface area contributed by atoms with Crippen LogP contribution in [0.3, 0.4) is 0 Å². The molecule has 0 saturated heterocycles. The molecule has 1 aliphatic carbocycles. The summed E-state index contributed by atoms with van der Waals surface area (Å²) in [5.74, 6) is -0.769. The van der Waals surface area contributed by atoms with Gasteiger partial charge in [0.15, 0.2) is 11.5 Å². The molecule has 1 aromatic rings. The number of benzene rings is 1. The van der Waals surface area contributed by atoms with E-state index in [1.807, 2.05) is 0 Å². The van der Waals surface area contributed by atoms with Gasteiger partial charge >= 0.3 is 5.97 Å². The molecule has 1 aliphatic rings. The zero-order chi connectivity index (χ0) is 14.7.